The normalized spacial score (nSPS) is 11.4. The number of nitrogens with zero attached hydrogens (tertiary/aromatic N) is 1. The van der Waals surface area contributed by atoms with Crippen LogP contribution in [0.4, 0.5) is 4.39 Å². The van der Waals surface area contributed by atoms with Crippen LogP contribution >= 0.6 is 0 Å². The molecule has 0 saturated heterocycles. The average Bonchev–Trinajstić information content (AvgIpc) is 3.15. The highest BCUT2D eigenvalue weighted by atomic mass is 32.2. The van der Waals surface area contributed by atoms with Gasteiger partial charge in [0.2, 0.25) is 10.0 Å². The summed E-state index contributed by atoms with van der Waals surface area (Å²) in [5.41, 5.74) is 1.36. The Morgan fingerprint density at radius 2 is 2.08 bits per heavy atom. The van der Waals surface area contributed by atoms with Crippen molar-refractivity contribution in [2.75, 3.05) is 7.11 Å². The monoisotopic (exact) mass is 362 g/mol. The molecule has 0 radical (unpaired) electrons. The Kier molecular flexibility index (Phi) is 4.82. The molecule has 3 rings (SSSR count). The van der Waals surface area contributed by atoms with Crippen molar-refractivity contribution in [3.63, 3.8) is 0 Å². The van der Waals surface area contributed by atoms with Gasteiger partial charge in [0.1, 0.15) is 22.2 Å². The van der Waals surface area contributed by atoms with Crippen molar-refractivity contribution in [2.24, 2.45) is 0 Å². The summed E-state index contributed by atoms with van der Waals surface area (Å²) in [5, 5.41) is 0. The van der Waals surface area contributed by atoms with Gasteiger partial charge in [0.05, 0.1) is 13.4 Å². The van der Waals surface area contributed by atoms with Crippen molar-refractivity contribution in [3.05, 3.63) is 66.4 Å². The van der Waals surface area contributed by atoms with E-state index >= 15 is 0 Å². The third-order valence-electron chi connectivity index (χ3n) is 3.48. The molecule has 6 nitrogen and oxygen atoms in total. The molecule has 0 aliphatic rings. The number of hydrogen-bond acceptors (Lipinski definition) is 5. The molecule has 0 atom stereocenters. The summed E-state index contributed by atoms with van der Waals surface area (Å²) in [6, 6.07) is 8.61. The second-order valence-corrected chi connectivity index (χ2v) is 6.91. The number of ether oxygens (including phenoxy) is 1. The minimum Gasteiger partial charge on any atom is -0.495 e. The van der Waals surface area contributed by atoms with Crippen molar-refractivity contribution in [2.45, 2.75) is 11.4 Å². The Labute approximate surface area is 144 Å². The van der Waals surface area contributed by atoms with Gasteiger partial charge in [-0.3, -0.25) is 4.98 Å². The molecule has 1 aromatic carbocycles. The molecule has 0 spiro atoms. The molecular weight excluding hydrogens is 347 g/mol. The maximum atomic E-state index is 13.4. The molecule has 0 saturated carbocycles. The van der Waals surface area contributed by atoms with Crippen molar-refractivity contribution < 1.29 is 22.0 Å². The zero-order valence-electron chi connectivity index (χ0n) is 13.3. The summed E-state index contributed by atoms with van der Waals surface area (Å²) in [5.74, 6) is 0.0306. The number of hydrogen-bond donors (Lipinski definition) is 1. The molecule has 130 valence electrons. The number of pyridine rings is 1. The van der Waals surface area contributed by atoms with Gasteiger partial charge < -0.3 is 9.15 Å². The third kappa shape index (κ3) is 3.86. The summed E-state index contributed by atoms with van der Waals surface area (Å²) in [7, 11) is -2.63. The van der Waals surface area contributed by atoms with Crippen LogP contribution < -0.4 is 9.46 Å². The van der Waals surface area contributed by atoms with Crippen LogP contribution in [0.1, 0.15) is 5.56 Å². The summed E-state index contributed by atoms with van der Waals surface area (Å²) in [6.07, 6.45) is 4.70. The lowest BCUT2D eigenvalue weighted by Crippen LogP contribution is -2.24. The molecule has 0 amide bonds. The first-order valence-corrected chi connectivity index (χ1v) is 8.79. The van der Waals surface area contributed by atoms with Gasteiger partial charge in [-0.2, -0.15) is 0 Å². The van der Waals surface area contributed by atoms with E-state index in [0.717, 1.165) is 17.7 Å². The van der Waals surface area contributed by atoms with E-state index in [4.69, 9.17) is 9.15 Å². The molecule has 25 heavy (non-hydrogen) atoms. The largest absolute Gasteiger partial charge is 0.495 e. The van der Waals surface area contributed by atoms with Crippen molar-refractivity contribution in [3.8, 4) is 17.1 Å². The summed E-state index contributed by atoms with van der Waals surface area (Å²) in [6.45, 7) is -0.0104. The van der Waals surface area contributed by atoms with Gasteiger partial charge in [-0.15, -0.1) is 0 Å². The fourth-order valence-corrected chi connectivity index (χ4v) is 3.47. The maximum Gasteiger partial charge on any atom is 0.244 e. The highest BCUT2D eigenvalue weighted by molar-refractivity contribution is 7.89. The van der Waals surface area contributed by atoms with E-state index < -0.39 is 15.8 Å². The number of methoxy groups -OCH3 is 1. The second-order valence-electron chi connectivity index (χ2n) is 5.18. The van der Waals surface area contributed by atoms with Crippen molar-refractivity contribution in [1.82, 2.24) is 9.71 Å². The van der Waals surface area contributed by atoms with Crippen LogP contribution in [-0.2, 0) is 16.6 Å². The van der Waals surface area contributed by atoms with Gasteiger partial charge in [-0.05, 0) is 42.0 Å². The van der Waals surface area contributed by atoms with E-state index in [1.54, 1.807) is 30.7 Å². The lowest BCUT2D eigenvalue weighted by atomic mass is 10.2. The van der Waals surface area contributed by atoms with E-state index in [1.807, 2.05) is 0 Å². The van der Waals surface area contributed by atoms with Gasteiger partial charge in [-0.1, -0.05) is 0 Å². The molecule has 0 unspecified atom stereocenters. The number of rotatable bonds is 6. The molecule has 8 heteroatoms. The van der Waals surface area contributed by atoms with E-state index in [9.17, 15) is 12.8 Å². The van der Waals surface area contributed by atoms with Gasteiger partial charge in [0.15, 0.2) is 0 Å². The number of benzene rings is 1. The van der Waals surface area contributed by atoms with Crippen LogP contribution in [0.15, 0.2) is 64.4 Å². The lowest BCUT2D eigenvalue weighted by Gasteiger charge is -2.11. The number of nitrogens with one attached hydrogen (secondary N) is 1. The Hall–Kier alpha value is -2.71. The smallest absolute Gasteiger partial charge is 0.244 e. The van der Waals surface area contributed by atoms with Gasteiger partial charge >= 0.3 is 0 Å². The average molecular weight is 362 g/mol. The molecule has 2 heterocycles. The zero-order valence-corrected chi connectivity index (χ0v) is 14.1. The summed E-state index contributed by atoms with van der Waals surface area (Å²) < 4.78 is 51.0. The zero-order chi connectivity index (χ0) is 17.9. The molecule has 2 aromatic heterocycles. The second kappa shape index (κ2) is 7.04. The Bertz CT molecular complexity index is 972. The topological polar surface area (TPSA) is 81.4 Å². The quantitative estimate of drug-likeness (QED) is 0.729. The first-order valence-electron chi connectivity index (χ1n) is 7.30. The van der Waals surface area contributed by atoms with E-state index in [2.05, 4.69) is 9.71 Å². The SMILES string of the molecule is COc1ccc(F)cc1S(=O)(=O)NCc1cncc(-c2ccco2)c1. The van der Waals surface area contributed by atoms with Crippen molar-refractivity contribution in [1.29, 1.82) is 0 Å². The third-order valence-corrected chi connectivity index (χ3v) is 4.90. The van der Waals surface area contributed by atoms with E-state index in [0.29, 0.717) is 11.3 Å². The Morgan fingerprint density at radius 1 is 1.24 bits per heavy atom. The van der Waals surface area contributed by atoms with Crippen LogP contribution in [0.3, 0.4) is 0 Å². The van der Waals surface area contributed by atoms with Crippen LogP contribution in [0.25, 0.3) is 11.3 Å². The van der Waals surface area contributed by atoms with E-state index in [-0.39, 0.29) is 17.2 Å². The first kappa shape index (κ1) is 17.1. The Morgan fingerprint density at radius 3 is 2.80 bits per heavy atom. The molecule has 0 aliphatic carbocycles. The molecule has 0 fully saturated rings. The fourth-order valence-electron chi connectivity index (χ4n) is 2.28. The first-order chi connectivity index (χ1) is 12.0. The molecule has 1 N–H and O–H groups in total. The van der Waals surface area contributed by atoms with Crippen LogP contribution in [0, 0.1) is 5.82 Å². The number of aromatic nitrogens is 1. The predicted molar refractivity (Wildman–Crippen MR) is 88.9 cm³/mol. The Balaban J connectivity index is 1.81. The lowest BCUT2D eigenvalue weighted by molar-refractivity contribution is 0.400. The minimum absolute atomic E-state index is 0.0104. The van der Waals surface area contributed by atoms with Crippen LogP contribution in [0.2, 0.25) is 0 Å². The maximum absolute atomic E-state index is 13.4. The standard InChI is InChI=1S/C17H15FN2O4S/c1-23-16-5-4-14(18)8-17(16)25(21,22)20-10-12-7-13(11-19-9-12)15-3-2-6-24-15/h2-9,11,20H,10H2,1H3. The molecule has 0 bridgehead atoms. The van der Waals surface area contributed by atoms with Gasteiger partial charge in [0, 0.05) is 24.5 Å². The number of furan rings is 1. The highest BCUT2D eigenvalue weighted by Gasteiger charge is 2.20. The van der Waals surface area contributed by atoms with Crippen LogP contribution in [-0.4, -0.2) is 20.5 Å². The van der Waals surface area contributed by atoms with Gasteiger partial charge in [-0.25, -0.2) is 17.5 Å². The van der Waals surface area contributed by atoms with Gasteiger partial charge in [0.25, 0.3) is 0 Å². The summed E-state index contributed by atoms with van der Waals surface area (Å²) >= 11 is 0. The number of sulfonamides is 1. The minimum atomic E-state index is -3.96. The van der Waals surface area contributed by atoms with Crippen molar-refractivity contribution >= 4 is 10.0 Å². The van der Waals surface area contributed by atoms with Crippen LogP contribution in [0.5, 0.6) is 5.75 Å². The molecular formula is C17H15FN2O4S. The summed E-state index contributed by atoms with van der Waals surface area (Å²) in [4.78, 5) is 3.82. The molecule has 0 aliphatic heterocycles. The highest BCUT2D eigenvalue weighted by Crippen LogP contribution is 2.25. The predicted octanol–water partition coefficient (Wildman–Crippen LogP) is 2.97. The fraction of sp³-hybridized carbons (Fsp3) is 0.118. The van der Waals surface area contributed by atoms with E-state index in [1.165, 1.54) is 19.4 Å². The number of halogens is 1. The molecule has 3 aromatic rings.